The Morgan fingerprint density at radius 1 is 1.44 bits per heavy atom. The van der Waals surface area contributed by atoms with Crippen LogP contribution in [0.2, 0.25) is 0 Å². The van der Waals surface area contributed by atoms with Crippen molar-refractivity contribution in [3.05, 3.63) is 51.1 Å². The summed E-state index contributed by atoms with van der Waals surface area (Å²) in [4.78, 5) is 0. The van der Waals surface area contributed by atoms with Gasteiger partial charge in [0.2, 0.25) is 0 Å². The van der Waals surface area contributed by atoms with E-state index in [9.17, 15) is 4.39 Å². The third-order valence-electron chi connectivity index (χ3n) is 2.03. The van der Waals surface area contributed by atoms with Crippen molar-refractivity contribution >= 4 is 22.6 Å². The monoisotopic (exact) mass is 327 g/mol. The van der Waals surface area contributed by atoms with E-state index in [4.69, 9.17) is 5.26 Å². The Morgan fingerprint density at radius 2 is 2.25 bits per heavy atom. The molecule has 0 aliphatic rings. The molecule has 0 fully saturated rings. The van der Waals surface area contributed by atoms with E-state index in [-0.39, 0.29) is 0 Å². The zero-order chi connectivity index (χ0) is 11.5. The Kier molecular flexibility index (Phi) is 3.19. The van der Waals surface area contributed by atoms with E-state index in [1.165, 1.54) is 12.1 Å². The van der Waals surface area contributed by atoms with Gasteiger partial charge in [-0.3, -0.25) is 4.68 Å². The van der Waals surface area contributed by atoms with E-state index in [0.717, 1.165) is 9.13 Å². The Labute approximate surface area is 106 Å². The summed E-state index contributed by atoms with van der Waals surface area (Å²) < 4.78 is 15.9. The number of rotatable bonds is 2. The van der Waals surface area contributed by atoms with Gasteiger partial charge in [0.25, 0.3) is 0 Å². The van der Waals surface area contributed by atoms with Gasteiger partial charge in [-0.1, -0.05) is 0 Å². The molecular formula is C11H7FIN3. The standard InChI is InChI=1S/C11H7FIN3/c12-10-2-8(4-14)1-9(3-10)6-16-7-11(13)5-15-16/h1-3,5,7H,6H2. The van der Waals surface area contributed by atoms with Crippen LogP contribution < -0.4 is 0 Å². The zero-order valence-corrected chi connectivity index (χ0v) is 10.3. The first-order valence-electron chi connectivity index (χ1n) is 4.55. The average molecular weight is 327 g/mol. The van der Waals surface area contributed by atoms with Crippen LogP contribution in [0.1, 0.15) is 11.1 Å². The fourth-order valence-corrected chi connectivity index (χ4v) is 1.86. The van der Waals surface area contributed by atoms with Gasteiger partial charge >= 0.3 is 0 Å². The largest absolute Gasteiger partial charge is 0.267 e. The number of nitrogens with zero attached hydrogens (tertiary/aromatic N) is 3. The molecule has 0 atom stereocenters. The lowest BCUT2D eigenvalue weighted by molar-refractivity contribution is 0.618. The van der Waals surface area contributed by atoms with Crippen molar-refractivity contribution in [2.75, 3.05) is 0 Å². The molecule has 0 amide bonds. The van der Waals surface area contributed by atoms with E-state index in [0.29, 0.717) is 12.1 Å². The normalized spacial score (nSPS) is 10.1. The highest BCUT2D eigenvalue weighted by Gasteiger charge is 2.02. The minimum atomic E-state index is -0.393. The number of aromatic nitrogens is 2. The van der Waals surface area contributed by atoms with Crippen molar-refractivity contribution in [2.45, 2.75) is 6.54 Å². The van der Waals surface area contributed by atoms with Crippen molar-refractivity contribution < 1.29 is 4.39 Å². The Morgan fingerprint density at radius 3 is 2.88 bits per heavy atom. The highest BCUT2D eigenvalue weighted by molar-refractivity contribution is 14.1. The summed E-state index contributed by atoms with van der Waals surface area (Å²) in [5, 5.41) is 12.8. The summed E-state index contributed by atoms with van der Waals surface area (Å²) in [7, 11) is 0. The molecule has 2 aromatic rings. The summed E-state index contributed by atoms with van der Waals surface area (Å²) in [5.74, 6) is -0.393. The van der Waals surface area contributed by atoms with E-state index in [2.05, 4.69) is 27.7 Å². The summed E-state index contributed by atoms with van der Waals surface area (Å²) in [6.45, 7) is 0.468. The average Bonchev–Trinajstić information content (AvgIpc) is 2.63. The van der Waals surface area contributed by atoms with Crippen LogP contribution in [0.4, 0.5) is 4.39 Å². The minimum absolute atomic E-state index is 0.330. The third-order valence-corrected chi connectivity index (χ3v) is 2.59. The number of hydrogen-bond acceptors (Lipinski definition) is 2. The van der Waals surface area contributed by atoms with Crippen LogP contribution in [0, 0.1) is 20.7 Å². The van der Waals surface area contributed by atoms with Crippen molar-refractivity contribution in [3.63, 3.8) is 0 Å². The Bertz CT molecular complexity index is 557. The van der Waals surface area contributed by atoms with Gasteiger partial charge in [-0.2, -0.15) is 10.4 Å². The highest BCUT2D eigenvalue weighted by atomic mass is 127. The fraction of sp³-hybridized carbons (Fsp3) is 0.0909. The predicted molar refractivity (Wildman–Crippen MR) is 65.2 cm³/mol. The minimum Gasteiger partial charge on any atom is -0.267 e. The molecule has 16 heavy (non-hydrogen) atoms. The van der Waals surface area contributed by atoms with Crippen molar-refractivity contribution in [2.24, 2.45) is 0 Å². The van der Waals surface area contributed by atoms with Gasteiger partial charge in [-0.15, -0.1) is 0 Å². The molecule has 3 nitrogen and oxygen atoms in total. The number of halogens is 2. The van der Waals surface area contributed by atoms with Crippen LogP contribution in [0.25, 0.3) is 0 Å². The van der Waals surface area contributed by atoms with Crippen LogP contribution in [0.15, 0.2) is 30.6 Å². The van der Waals surface area contributed by atoms with Crippen molar-refractivity contribution in [3.8, 4) is 6.07 Å². The summed E-state index contributed by atoms with van der Waals surface area (Å²) in [6.07, 6.45) is 3.59. The van der Waals surface area contributed by atoms with Crippen molar-refractivity contribution in [1.29, 1.82) is 5.26 Å². The first kappa shape index (κ1) is 11.1. The smallest absolute Gasteiger partial charge is 0.124 e. The van der Waals surface area contributed by atoms with Crippen LogP contribution in [0.3, 0.4) is 0 Å². The summed E-state index contributed by atoms with van der Waals surface area (Å²) >= 11 is 2.15. The molecule has 0 unspecified atom stereocenters. The van der Waals surface area contributed by atoms with Gasteiger partial charge in [0, 0.05) is 6.20 Å². The molecule has 0 spiro atoms. The maximum atomic E-state index is 13.1. The van der Waals surface area contributed by atoms with E-state index < -0.39 is 5.82 Å². The fourth-order valence-electron chi connectivity index (χ4n) is 1.42. The second-order valence-corrected chi connectivity index (χ2v) is 4.56. The quantitative estimate of drug-likeness (QED) is 0.796. The molecule has 5 heteroatoms. The zero-order valence-electron chi connectivity index (χ0n) is 8.19. The van der Waals surface area contributed by atoms with Crippen LogP contribution in [-0.4, -0.2) is 9.78 Å². The lowest BCUT2D eigenvalue weighted by atomic mass is 10.1. The van der Waals surface area contributed by atoms with Crippen LogP contribution in [-0.2, 0) is 6.54 Å². The van der Waals surface area contributed by atoms with E-state index in [1.807, 2.05) is 12.3 Å². The lowest BCUT2D eigenvalue weighted by Crippen LogP contribution is -2.00. The maximum Gasteiger partial charge on any atom is 0.124 e. The maximum absolute atomic E-state index is 13.1. The molecule has 0 N–H and O–H groups in total. The molecule has 0 saturated heterocycles. The molecular weight excluding hydrogens is 320 g/mol. The van der Waals surface area contributed by atoms with Crippen LogP contribution in [0.5, 0.6) is 0 Å². The molecule has 1 aromatic heterocycles. The van der Waals surface area contributed by atoms with Gasteiger partial charge in [0.1, 0.15) is 5.82 Å². The lowest BCUT2D eigenvalue weighted by Gasteiger charge is -2.02. The molecule has 1 heterocycles. The second-order valence-electron chi connectivity index (χ2n) is 3.32. The Hall–Kier alpha value is -1.42. The molecule has 80 valence electrons. The third kappa shape index (κ3) is 2.58. The highest BCUT2D eigenvalue weighted by Crippen LogP contribution is 2.10. The molecule has 0 bridgehead atoms. The van der Waals surface area contributed by atoms with Gasteiger partial charge < -0.3 is 0 Å². The molecule has 1 aromatic carbocycles. The molecule has 0 radical (unpaired) electrons. The summed E-state index contributed by atoms with van der Waals surface area (Å²) in [6, 6.07) is 6.22. The molecule has 0 aliphatic heterocycles. The van der Waals surface area contributed by atoms with Crippen LogP contribution >= 0.6 is 22.6 Å². The molecule has 0 saturated carbocycles. The number of hydrogen-bond donors (Lipinski definition) is 0. The van der Waals surface area contributed by atoms with Crippen molar-refractivity contribution in [1.82, 2.24) is 9.78 Å². The van der Waals surface area contributed by atoms with E-state index >= 15 is 0 Å². The van der Waals surface area contributed by atoms with Gasteiger partial charge in [-0.05, 0) is 46.4 Å². The van der Waals surface area contributed by atoms with Gasteiger partial charge in [0.05, 0.1) is 27.9 Å². The second kappa shape index (κ2) is 4.61. The summed E-state index contributed by atoms with van der Waals surface area (Å²) in [5.41, 5.74) is 1.06. The first-order chi connectivity index (χ1) is 7.67. The topological polar surface area (TPSA) is 41.6 Å². The number of benzene rings is 1. The molecule has 0 aliphatic carbocycles. The molecule has 2 rings (SSSR count). The van der Waals surface area contributed by atoms with Gasteiger partial charge in [0.15, 0.2) is 0 Å². The Balaban J connectivity index is 2.28. The SMILES string of the molecule is N#Cc1cc(F)cc(Cn2cc(I)cn2)c1. The number of nitriles is 1. The predicted octanol–water partition coefficient (Wildman–Crippen LogP) is 2.55. The first-order valence-corrected chi connectivity index (χ1v) is 5.63. The van der Waals surface area contributed by atoms with Gasteiger partial charge in [-0.25, -0.2) is 4.39 Å². The van der Waals surface area contributed by atoms with E-state index in [1.54, 1.807) is 16.9 Å².